The number of benzene rings is 1. The fourth-order valence-corrected chi connectivity index (χ4v) is 3.04. The Bertz CT molecular complexity index is 764. The molecule has 0 fully saturated rings. The summed E-state index contributed by atoms with van der Waals surface area (Å²) in [7, 11) is 1.29. The second-order valence-corrected chi connectivity index (χ2v) is 5.78. The smallest absolute Gasteiger partial charge is 0.325 e. The number of carbonyl (C=O) groups is 2. The highest BCUT2D eigenvalue weighted by atomic mass is 32.1. The Balaban J connectivity index is 2.51. The highest BCUT2D eigenvalue weighted by Crippen LogP contribution is 2.18. The van der Waals surface area contributed by atoms with Gasteiger partial charge in [-0.3, -0.25) is 9.59 Å². The van der Waals surface area contributed by atoms with Crippen LogP contribution in [0.3, 0.4) is 0 Å². The highest BCUT2D eigenvalue weighted by molar-refractivity contribution is 7.16. The van der Waals surface area contributed by atoms with Gasteiger partial charge in [0.05, 0.1) is 17.3 Å². The van der Waals surface area contributed by atoms with Gasteiger partial charge < -0.3 is 9.30 Å². The molecular weight excluding hydrogens is 307 g/mol. The lowest BCUT2D eigenvalue weighted by Gasteiger charge is -2.03. The molecule has 0 saturated heterocycles. The SMILES string of the molecule is CCCCC(=O)N=c1sc2cc(F)ccc2n1CC(=O)OC. The van der Waals surface area contributed by atoms with Gasteiger partial charge in [0.25, 0.3) is 0 Å². The van der Waals surface area contributed by atoms with E-state index in [-0.39, 0.29) is 18.3 Å². The molecule has 2 aromatic rings. The quantitative estimate of drug-likeness (QED) is 0.794. The molecule has 0 aliphatic rings. The van der Waals surface area contributed by atoms with Crippen molar-refractivity contribution < 1.29 is 18.7 Å². The van der Waals surface area contributed by atoms with Crippen LogP contribution in [0.25, 0.3) is 10.2 Å². The third-order valence-electron chi connectivity index (χ3n) is 3.12. The molecule has 1 aromatic carbocycles. The Hall–Kier alpha value is -2.02. The van der Waals surface area contributed by atoms with Crippen LogP contribution in [0.5, 0.6) is 0 Å². The minimum absolute atomic E-state index is 0.0674. The standard InChI is InChI=1S/C15H17FN2O3S/c1-3-4-5-13(19)17-15-18(9-14(20)21-2)11-7-6-10(16)8-12(11)22-15/h6-8H,3-5,9H2,1-2H3. The summed E-state index contributed by atoms with van der Waals surface area (Å²) in [6.45, 7) is 1.93. The molecule has 5 nitrogen and oxygen atoms in total. The van der Waals surface area contributed by atoms with Gasteiger partial charge in [0.1, 0.15) is 12.4 Å². The first-order chi connectivity index (χ1) is 10.5. The van der Waals surface area contributed by atoms with Crippen LogP contribution in [-0.2, 0) is 20.9 Å². The highest BCUT2D eigenvalue weighted by Gasteiger charge is 2.12. The van der Waals surface area contributed by atoms with E-state index in [1.807, 2.05) is 6.92 Å². The van der Waals surface area contributed by atoms with Gasteiger partial charge in [0, 0.05) is 6.42 Å². The van der Waals surface area contributed by atoms with Crippen molar-refractivity contribution in [2.24, 2.45) is 4.99 Å². The fourth-order valence-electron chi connectivity index (χ4n) is 1.97. The number of aromatic nitrogens is 1. The minimum Gasteiger partial charge on any atom is -0.468 e. The topological polar surface area (TPSA) is 60.7 Å². The molecule has 0 atom stereocenters. The number of halogens is 1. The maximum absolute atomic E-state index is 13.3. The molecule has 0 bridgehead atoms. The normalized spacial score (nSPS) is 11.9. The monoisotopic (exact) mass is 324 g/mol. The van der Waals surface area contributed by atoms with E-state index in [0.717, 1.165) is 12.8 Å². The van der Waals surface area contributed by atoms with Gasteiger partial charge in [-0.15, -0.1) is 0 Å². The number of amides is 1. The number of rotatable bonds is 5. The minimum atomic E-state index is -0.452. The second-order valence-electron chi connectivity index (χ2n) is 4.77. The van der Waals surface area contributed by atoms with Gasteiger partial charge in [0.15, 0.2) is 4.80 Å². The predicted molar refractivity (Wildman–Crippen MR) is 81.9 cm³/mol. The van der Waals surface area contributed by atoms with Gasteiger partial charge >= 0.3 is 5.97 Å². The Morgan fingerprint density at radius 1 is 1.41 bits per heavy atom. The molecular formula is C15H17FN2O3S. The first kappa shape index (κ1) is 16.4. The van der Waals surface area contributed by atoms with Crippen LogP contribution < -0.4 is 4.80 Å². The average molecular weight is 324 g/mol. The van der Waals surface area contributed by atoms with Crippen LogP contribution in [0.2, 0.25) is 0 Å². The second kappa shape index (κ2) is 7.31. The summed E-state index contributed by atoms with van der Waals surface area (Å²) in [5.74, 6) is -1.07. The molecule has 0 aliphatic heterocycles. The summed E-state index contributed by atoms with van der Waals surface area (Å²) in [6, 6.07) is 4.24. The van der Waals surface area contributed by atoms with E-state index < -0.39 is 5.97 Å². The lowest BCUT2D eigenvalue weighted by atomic mass is 10.2. The van der Waals surface area contributed by atoms with Gasteiger partial charge in [0.2, 0.25) is 5.91 Å². The summed E-state index contributed by atoms with van der Waals surface area (Å²) < 4.78 is 20.2. The van der Waals surface area contributed by atoms with Crippen molar-refractivity contribution in [3.05, 3.63) is 28.8 Å². The van der Waals surface area contributed by atoms with Crippen molar-refractivity contribution in [1.82, 2.24) is 4.57 Å². The van der Waals surface area contributed by atoms with Crippen LogP contribution >= 0.6 is 11.3 Å². The summed E-state index contributed by atoms with van der Waals surface area (Å²) >= 11 is 1.18. The van der Waals surface area contributed by atoms with E-state index in [2.05, 4.69) is 9.73 Å². The third kappa shape index (κ3) is 3.79. The number of nitrogens with zero attached hydrogens (tertiary/aromatic N) is 2. The molecule has 0 spiro atoms. The molecule has 1 amide bonds. The van der Waals surface area contributed by atoms with Crippen LogP contribution in [0.15, 0.2) is 23.2 Å². The Morgan fingerprint density at radius 2 is 2.18 bits per heavy atom. The first-order valence-electron chi connectivity index (χ1n) is 6.98. The molecule has 22 heavy (non-hydrogen) atoms. The summed E-state index contributed by atoms with van der Waals surface area (Å²) in [4.78, 5) is 27.9. The van der Waals surface area contributed by atoms with Gasteiger partial charge in [-0.25, -0.2) is 4.39 Å². The molecule has 0 unspecified atom stereocenters. The number of ether oxygens (including phenoxy) is 1. The summed E-state index contributed by atoms with van der Waals surface area (Å²) in [5, 5.41) is 0. The lowest BCUT2D eigenvalue weighted by Crippen LogP contribution is -2.22. The maximum Gasteiger partial charge on any atom is 0.325 e. The largest absolute Gasteiger partial charge is 0.468 e. The molecule has 118 valence electrons. The summed E-state index contributed by atoms with van der Waals surface area (Å²) in [5.41, 5.74) is 0.652. The van der Waals surface area contributed by atoms with Crippen molar-refractivity contribution in [1.29, 1.82) is 0 Å². The Kier molecular flexibility index (Phi) is 5.43. The van der Waals surface area contributed by atoms with Crippen molar-refractivity contribution in [3.63, 3.8) is 0 Å². The number of esters is 1. The molecule has 0 N–H and O–H groups in total. The van der Waals surface area contributed by atoms with E-state index in [1.54, 1.807) is 10.6 Å². The van der Waals surface area contributed by atoms with Gasteiger partial charge in [-0.2, -0.15) is 4.99 Å². The molecule has 1 aromatic heterocycles. The van der Waals surface area contributed by atoms with E-state index in [4.69, 9.17) is 0 Å². The number of methoxy groups -OCH3 is 1. The van der Waals surface area contributed by atoms with Crippen molar-refractivity contribution in [2.75, 3.05) is 7.11 Å². The van der Waals surface area contributed by atoms with Crippen molar-refractivity contribution in [2.45, 2.75) is 32.7 Å². The molecule has 7 heteroatoms. The molecule has 0 aliphatic carbocycles. The Morgan fingerprint density at radius 3 is 2.86 bits per heavy atom. The average Bonchev–Trinajstić information content (AvgIpc) is 2.81. The van der Waals surface area contributed by atoms with Crippen molar-refractivity contribution >= 4 is 33.4 Å². The zero-order valence-electron chi connectivity index (χ0n) is 12.5. The predicted octanol–water partition coefficient (Wildman–Crippen LogP) is 2.63. The number of fused-ring (bicyclic) bond motifs is 1. The Labute approximate surface area is 131 Å². The zero-order valence-corrected chi connectivity index (χ0v) is 13.3. The fraction of sp³-hybridized carbons (Fsp3) is 0.400. The van der Waals surface area contributed by atoms with E-state index in [9.17, 15) is 14.0 Å². The first-order valence-corrected chi connectivity index (χ1v) is 7.80. The summed E-state index contributed by atoms with van der Waals surface area (Å²) in [6.07, 6.45) is 2.03. The van der Waals surface area contributed by atoms with E-state index in [0.29, 0.717) is 21.4 Å². The number of hydrogen-bond donors (Lipinski definition) is 0. The van der Waals surface area contributed by atoms with Crippen LogP contribution in [0.4, 0.5) is 4.39 Å². The number of hydrogen-bond acceptors (Lipinski definition) is 4. The number of thiazole rings is 1. The van der Waals surface area contributed by atoms with E-state index in [1.165, 1.54) is 30.6 Å². The van der Waals surface area contributed by atoms with Gasteiger partial charge in [-0.1, -0.05) is 24.7 Å². The van der Waals surface area contributed by atoms with Crippen LogP contribution in [0, 0.1) is 5.82 Å². The van der Waals surface area contributed by atoms with E-state index >= 15 is 0 Å². The number of carbonyl (C=O) groups excluding carboxylic acids is 2. The van der Waals surface area contributed by atoms with Crippen LogP contribution in [0.1, 0.15) is 26.2 Å². The van der Waals surface area contributed by atoms with Crippen molar-refractivity contribution in [3.8, 4) is 0 Å². The molecule has 1 heterocycles. The lowest BCUT2D eigenvalue weighted by molar-refractivity contribution is -0.141. The maximum atomic E-state index is 13.3. The van der Waals surface area contributed by atoms with Crippen LogP contribution in [-0.4, -0.2) is 23.6 Å². The molecule has 2 rings (SSSR count). The third-order valence-corrected chi connectivity index (χ3v) is 4.17. The molecule has 0 radical (unpaired) electrons. The zero-order chi connectivity index (χ0) is 16.1. The number of unbranched alkanes of at least 4 members (excludes halogenated alkanes) is 1. The van der Waals surface area contributed by atoms with Gasteiger partial charge in [-0.05, 0) is 24.6 Å². The molecule has 0 saturated carbocycles.